The number of benzene rings is 1. The predicted octanol–water partition coefficient (Wildman–Crippen LogP) is 4.05. The van der Waals surface area contributed by atoms with Crippen molar-refractivity contribution < 1.29 is 53.7 Å². The number of carboxylic acid groups (broad SMARTS) is 3. The summed E-state index contributed by atoms with van der Waals surface area (Å²) in [4.78, 5) is 89.7. The summed E-state index contributed by atoms with van der Waals surface area (Å²) in [6.45, 7) is 22.5. The molecule has 0 unspecified atom stereocenters. The van der Waals surface area contributed by atoms with Crippen molar-refractivity contribution >= 4 is 46.8 Å². The van der Waals surface area contributed by atoms with Crippen LogP contribution in [0.3, 0.4) is 0 Å². The second-order valence-corrected chi connectivity index (χ2v) is 23.3. The van der Waals surface area contributed by atoms with Crippen LogP contribution in [0.15, 0.2) is 30.3 Å². The number of carbonyl (C=O) groups is 8. The summed E-state index contributed by atoms with van der Waals surface area (Å²) in [6.07, 6.45) is 12.2. The normalized spacial score (nSPS) is 15.1. The van der Waals surface area contributed by atoms with Crippen LogP contribution in [0.5, 0.6) is 0 Å². The maximum absolute atomic E-state index is 11.6. The number of carbonyl (C=O) groups excluding carboxylic acids is 5. The zero-order valence-corrected chi connectivity index (χ0v) is 54.0. The largest absolute Gasteiger partial charge is 0.481 e. The Morgan fingerprint density at radius 1 is 0.400 bits per heavy atom. The molecule has 85 heavy (non-hydrogen) atoms. The molecule has 0 aromatic heterocycles. The molecule has 23 nitrogen and oxygen atoms in total. The third kappa shape index (κ3) is 50.2. The fraction of sp³-hybridized carbons (Fsp3) is 0.774. The van der Waals surface area contributed by atoms with E-state index in [4.69, 9.17) is 84.1 Å². The lowest BCUT2D eigenvalue weighted by Crippen LogP contribution is -2.39. The van der Waals surface area contributed by atoms with Gasteiger partial charge in [0.25, 0.3) is 0 Å². The van der Waals surface area contributed by atoms with Crippen LogP contribution >= 0.6 is 0 Å². The Balaban J connectivity index is -0.000000302. The molecular weight excluding hydrogens is 1090 g/mol. The second kappa shape index (κ2) is 56.0. The van der Waals surface area contributed by atoms with Gasteiger partial charge in [-0.2, -0.15) is 0 Å². The van der Waals surface area contributed by atoms with Gasteiger partial charge in [-0.05, 0) is 73.7 Å². The lowest BCUT2D eigenvalue weighted by molar-refractivity contribution is -0.144. The van der Waals surface area contributed by atoms with Crippen LogP contribution in [-0.4, -0.2) is 138 Å². The summed E-state index contributed by atoms with van der Waals surface area (Å²) < 4.78 is 0. The highest BCUT2D eigenvalue weighted by molar-refractivity contribution is 5.89. The van der Waals surface area contributed by atoms with Crippen LogP contribution in [0.25, 0.3) is 0 Å². The lowest BCUT2D eigenvalue weighted by Gasteiger charge is -2.17. The van der Waals surface area contributed by atoms with Crippen LogP contribution in [0.4, 0.5) is 0 Å². The highest BCUT2D eigenvalue weighted by Crippen LogP contribution is 2.21. The van der Waals surface area contributed by atoms with Gasteiger partial charge < -0.3 is 84.1 Å². The number of hydrogen-bond acceptors (Lipinski definition) is 20. The second-order valence-electron chi connectivity index (χ2n) is 23.3. The number of ketones is 5. The predicted molar refractivity (Wildman–Crippen MR) is 344 cm³/mol. The van der Waals surface area contributed by atoms with E-state index in [1.165, 1.54) is 6.42 Å². The Hall–Kier alpha value is -4.50. The average Bonchev–Trinajstić information content (AvgIpc) is 3.50. The van der Waals surface area contributed by atoms with Gasteiger partial charge in [-0.3, -0.25) is 38.4 Å². The zero-order chi connectivity index (χ0) is 66.8. The number of hydrogen-bond donors (Lipinski definition) is 15. The van der Waals surface area contributed by atoms with Gasteiger partial charge in [-0.15, -0.1) is 0 Å². The Bertz CT molecular complexity index is 1860. The van der Waals surface area contributed by atoms with Crippen LogP contribution in [0, 0.1) is 41.4 Å². The number of rotatable bonds is 41. The molecule has 0 aliphatic carbocycles. The molecule has 0 radical (unpaired) electrons. The monoisotopic (exact) mass is 1210 g/mol. The van der Waals surface area contributed by atoms with Gasteiger partial charge in [-0.1, -0.05) is 145 Å². The van der Waals surface area contributed by atoms with Crippen molar-refractivity contribution in [3.05, 3.63) is 35.9 Å². The van der Waals surface area contributed by atoms with Crippen LogP contribution in [-0.2, 0) is 38.4 Å². The first-order valence-electron chi connectivity index (χ1n) is 30.9. The van der Waals surface area contributed by atoms with Gasteiger partial charge in [0.1, 0.15) is 0 Å². The van der Waals surface area contributed by atoms with E-state index in [1.807, 2.05) is 58.0 Å². The van der Waals surface area contributed by atoms with E-state index in [0.717, 1.165) is 75.2 Å². The van der Waals surface area contributed by atoms with Crippen molar-refractivity contribution in [2.24, 2.45) is 110 Å². The molecule has 1 rings (SSSR count). The molecule has 498 valence electrons. The molecule has 12 atom stereocenters. The Morgan fingerprint density at radius 3 is 1.00 bits per heavy atom. The van der Waals surface area contributed by atoms with E-state index in [9.17, 15) is 38.4 Å². The third-order valence-electron chi connectivity index (χ3n) is 14.4. The molecule has 0 amide bonds. The van der Waals surface area contributed by atoms with Crippen LogP contribution < -0.4 is 68.8 Å². The van der Waals surface area contributed by atoms with Crippen molar-refractivity contribution in [1.29, 1.82) is 0 Å². The molecule has 0 saturated heterocycles. The molecule has 0 saturated carbocycles. The van der Waals surface area contributed by atoms with E-state index < -0.39 is 65.9 Å². The van der Waals surface area contributed by atoms with E-state index >= 15 is 0 Å². The third-order valence-corrected chi connectivity index (χ3v) is 14.4. The number of unbranched alkanes of at least 4 members (excludes halogenated alkanes) is 4. The molecule has 1 aromatic rings. The van der Waals surface area contributed by atoms with Gasteiger partial charge in [0.05, 0.1) is 48.0 Å². The quantitative estimate of drug-likeness (QED) is 0.0411. The minimum atomic E-state index is -0.930. The van der Waals surface area contributed by atoms with Gasteiger partial charge in [0.15, 0.2) is 28.9 Å². The molecule has 0 fully saturated rings. The van der Waals surface area contributed by atoms with Crippen LogP contribution in [0.1, 0.15) is 196 Å². The van der Waals surface area contributed by atoms with Crippen LogP contribution in [0.2, 0.25) is 0 Å². The Morgan fingerprint density at radius 2 is 0.718 bits per heavy atom. The fourth-order valence-corrected chi connectivity index (χ4v) is 7.98. The molecule has 0 aliphatic heterocycles. The van der Waals surface area contributed by atoms with Gasteiger partial charge in [0, 0.05) is 77.4 Å². The van der Waals surface area contributed by atoms with Crippen molar-refractivity contribution in [3.8, 4) is 0 Å². The van der Waals surface area contributed by atoms with Crippen molar-refractivity contribution in [3.63, 3.8) is 0 Å². The molecule has 0 aliphatic rings. The molecule has 0 spiro atoms. The standard InChI is InChI=1S/C12H18N2O.C11H22N2O3.2C10H20N2O3.C10H22N2O.C9H22N2/c1-9(7-12(15)11(14)8-13)10-5-3-2-4-6-10;1-2-3-4-5-8(11(15)16)6-10(14)9(13)7-12;2*1-2-3-4-7(10(14)15)5-9(13)8(12)6-11;1-7(2)4-8(3)5-10(13)9(12)6-11;1-7(2)8(3)4-5-9(11)6-10/h2-6,9,11H,7-8,13-14H2,1H3;8-9H,2-7,12-13H2,1H3,(H,15,16);2*7-8H,2-6,11-12H2,1H3,(H,14,15);7-9H,4-6,11-12H2,1-3H3;7-9H,4-6,10-11H2,1-3H3/t9-,11-;8-,9-;2*7-,8+;8-,9-;8-,9+/m111010/s1. The Kier molecular flexibility index (Phi) is 58.8. The first-order chi connectivity index (χ1) is 39.8. The lowest BCUT2D eigenvalue weighted by atomic mass is 9.92. The first kappa shape index (κ1) is 89.3. The smallest absolute Gasteiger partial charge is 0.306 e. The first-order valence-corrected chi connectivity index (χ1v) is 30.9. The zero-order valence-electron chi connectivity index (χ0n) is 54.0. The maximum atomic E-state index is 11.6. The maximum Gasteiger partial charge on any atom is 0.306 e. The summed E-state index contributed by atoms with van der Waals surface area (Å²) in [7, 11) is 0. The highest BCUT2D eigenvalue weighted by atomic mass is 16.4. The molecule has 27 N–H and O–H groups in total. The SMILES string of the molecule is CC(C)C[C@@H](C)CC(=O)[C@H](N)CN.CC(C)[C@@H](C)CC[C@@H](N)CN.CCCCC[C@H](CC(=O)[C@H](N)CN)C(=O)O.CCCC[C@@H](CC(=O)[C@H](N)CN)C(=O)O.CCCC[C@H](CC(=O)[C@@H](N)CN)C(=O)O.C[C@H](CC(=O)[C@H](N)CN)c1ccccc1. The average molecular weight is 1210 g/mol. The summed E-state index contributed by atoms with van der Waals surface area (Å²) in [6, 6.07) is 6.98. The van der Waals surface area contributed by atoms with E-state index in [0.29, 0.717) is 50.5 Å². The van der Waals surface area contributed by atoms with Gasteiger partial charge in [-0.25, -0.2) is 0 Å². The number of nitrogens with two attached hydrogens (primary N) is 12. The molecule has 0 bridgehead atoms. The molecule has 0 heterocycles. The highest BCUT2D eigenvalue weighted by Gasteiger charge is 2.26. The van der Waals surface area contributed by atoms with E-state index in [1.54, 1.807) is 0 Å². The summed E-state index contributed by atoms with van der Waals surface area (Å²) in [5, 5.41) is 26.7. The minimum absolute atomic E-state index is 0.00257. The summed E-state index contributed by atoms with van der Waals surface area (Å²) >= 11 is 0. The van der Waals surface area contributed by atoms with Gasteiger partial charge >= 0.3 is 17.9 Å². The molecule has 1 aromatic carbocycles. The molecular formula is C62H124N12O11. The molecule has 23 heteroatoms. The van der Waals surface area contributed by atoms with E-state index in [-0.39, 0.29) is 92.9 Å². The van der Waals surface area contributed by atoms with E-state index in [2.05, 4.69) is 41.5 Å². The number of aliphatic carboxylic acids is 3. The topological polar surface area (TPSA) is 509 Å². The Labute approximate surface area is 511 Å². The van der Waals surface area contributed by atoms with Crippen molar-refractivity contribution in [1.82, 2.24) is 0 Å². The fourth-order valence-electron chi connectivity index (χ4n) is 7.98. The van der Waals surface area contributed by atoms with Crippen molar-refractivity contribution in [2.75, 3.05) is 39.3 Å². The minimum Gasteiger partial charge on any atom is -0.481 e. The summed E-state index contributed by atoms with van der Waals surface area (Å²) in [5.74, 6) is -2.48. The van der Waals surface area contributed by atoms with Crippen molar-refractivity contribution in [2.45, 2.75) is 227 Å². The number of carboxylic acids is 3. The summed E-state index contributed by atoms with van der Waals surface area (Å²) in [5.41, 5.74) is 66.0. The number of Topliss-reactive ketones (excluding diaryl/α,β-unsaturated/α-hetero) is 5. The van der Waals surface area contributed by atoms with Gasteiger partial charge in [0.2, 0.25) is 0 Å².